The van der Waals surface area contributed by atoms with Gasteiger partial charge in [0.1, 0.15) is 5.75 Å². The Hall–Kier alpha value is -1.62. The predicted molar refractivity (Wildman–Crippen MR) is 63.9 cm³/mol. The molecule has 1 saturated heterocycles. The van der Waals surface area contributed by atoms with Gasteiger partial charge >= 0.3 is 0 Å². The normalized spacial score (nSPS) is 19.2. The van der Waals surface area contributed by atoms with Crippen molar-refractivity contribution in [2.45, 2.75) is 25.3 Å². The number of nitrogens with one attached hydrogen (secondary N) is 2. The molecule has 3 N–H and O–H groups in total. The summed E-state index contributed by atoms with van der Waals surface area (Å²) in [7, 11) is 0. The molecule has 1 aromatic rings. The van der Waals surface area contributed by atoms with Gasteiger partial charge in [0, 0.05) is 18.8 Å². The number of carbonyl (C=O) groups excluding carboxylic acids is 1. The lowest BCUT2D eigenvalue weighted by molar-refractivity contribution is 0.0944. The highest BCUT2D eigenvalue weighted by Crippen LogP contribution is 2.12. The van der Waals surface area contributed by atoms with Crippen LogP contribution in [0.3, 0.4) is 0 Å². The quantitative estimate of drug-likeness (QED) is 0.716. The zero-order chi connectivity index (χ0) is 12.1. The summed E-state index contributed by atoms with van der Waals surface area (Å²) in [6.45, 7) is 1.67. The van der Waals surface area contributed by atoms with Gasteiger partial charge in [-0.15, -0.1) is 0 Å². The molecule has 1 aliphatic rings. The summed E-state index contributed by atoms with van der Waals surface area (Å²) >= 11 is 0. The maximum absolute atomic E-state index is 11.7. The van der Waals surface area contributed by atoms with Gasteiger partial charge in [-0.2, -0.15) is 0 Å². The molecular formula is C12H17N3O2. The van der Waals surface area contributed by atoms with E-state index in [0.717, 1.165) is 13.0 Å². The number of nitrogens with zero attached hydrogens (tertiary/aromatic N) is 1. The molecule has 2 heterocycles. The summed E-state index contributed by atoms with van der Waals surface area (Å²) < 4.78 is 0. The minimum atomic E-state index is -0.318. The Morgan fingerprint density at radius 3 is 3.24 bits per heavy atom. The van der Waals surface area contributed by atoms with Crippen molar-refractivity contribution in [3.8, 4) is 5.75 Å². The van der Waals surface area contributed by atoms with E-state index in [9.17, 15) is 9.90 Å². The Morgan fingerprint density at radius 2 is 2.53 bits per heavy atom. The van der Waals surface area contributed by atoms with Gasteiger partial charge in [-0.25, -0.2) is 4.98 Å². The first kappa shape index (κ1) is 11.9. The van der Waals surface area contributed by atoms with Crippen LogP contribution in [0.1, 0.15) is 29.8 Å². The Morgan fingerprint density at radius 1 is 1.65 bits per heavy atom. The third-order valence-corrected chi connectivity index (χ3v) is 2.94. The van der Waals surface area contributed by atoms with Crippen molar-refractivity contribution < 1.29 is 9.90 Å². The van der Waals surface area contributed by atoms with Gasteiger partial charge in [0.15, 0.2) is 5.69 Å². The van der Waals surface area contributed by atoms with Crippen LogP contribution >= 0.6 is 0 Å². The van der Waals surface area contributed by atoms with E-state index in [0.29, 0.717) is 12.6 Å². The van der Waals surface area contributed by atoms with Crippen molar-refractivity contribution >= 4 is 5.91 Å². The van der Waals surface area contributed by atoms with E-state index >= 15 is 0 Å². The fourth-order valence-electron chi connectivity index (χ4n) is 2.02. The number of amides is 1. The predicted octanol–water partition coefficient (Wildman–Crippen LogP) is 0.659. The lowest BCUT2D eigenvalue weighted by Gasteiger charge is -2.10. The average molecular weight is 235 g/mol. The van der Waals surface area contributed by atoms with Crippen molar-refractivity contribution in [2.75, 3.05) is 13.1 Å². The summed E-state index contributed by atoms with van der Waals surface area (Å²) in [5.74, 6) is -0.398. The first-order chi connectivity index (χ1) is 8.27. The van der Waals surface area contributed by atoms with E-state index in [2.05, 4.69) is 15.6 Å². The summed E-state index contributed by atoms with van der Waals surface area (Å²) in [4.78, 5) is 15.5. The lowest BCUT2D eigenvalue weighted by atomic mass is 10.1. The smallest absolute Gasteiger partial charge is 0.273 e. The highest BCUT2D eigenvalue weighted by molar-refractivity contribution is 5.94. The molecule has 0 bridgehead atoms. The van der Waals surface area contributed by atoms with Gasteiger partial charge in [0.2, 0.25) is 0 Å². The maximum Gasteiger partial charge on any atom is 0.273 e. The summed E-state index contributed by atoms with van der Waals surface area (Å²) in [5.41, 5.74) is 0.0897. The van der Waals surface area contributed by atoms with Crippen molar-refractivity contribution in [3.05, 3.63) is 24.0 Å². The first-order valence-electron chi connectivity index (χ1n) is 5.93. The highest BCUT2D eigenvalue weighted by Gasteiger charge is 2.15. The Labute approximate surface area is 100 Å². The molecule has 1 atom stereocenters. The average Bonchev–Trinajstić information content (AvgIpc) is 2.82. The van der Waals surface area contributed by atoms with E-state index in [-0.39, 0.29) is 17.4 Å². The molecule has 2 rings (SSSR count). The maximum atomic E-state index is 11.7. The van der Waals surface area contributed by atoms with Crippen LogP contribution in [0.5, 0.6) is 5.75 Å². The number of aromatic hydroxyl groups is 1. The SMILES string of the molecule is O=C(NCC[C@@H]1CCCN1)c1ncccc1O. The number of aromatic nitrogens is 1. The van der Waals surface area contributed by atoms with Crippen LogP contribution in [0, 0.1) is 0 Å². The van der Waals surface area contributed by atoms with Crippen molar-refractivity contribution in [1.82, 2.24) is 15.6 Å². The molecule has 1 fully saturated rings. The van der Waals surface area contributed by atoms with E-state index in [4.69, 9.17) is 0 Å². The Balaban J connectivity index is 1.79. The van der Waals surface area contributed by atoms with Crippen molar-refractivity contribution in [2.24, 2.45) is 0 Å². The van der Waals surface area contributed by atoms with E-state index in [1.807, 2.05) is 0 Å². The molecule has 1 amide bonds. The number of hydrogen-bond acceptors (Lipinski definition) is 4. The zero-order valence-electron chi connectivity index (χ0n) is 9.65. The number of carbonyl (C=O) groups is 1. The molecular weight excluding hydrogens is 218 g/mol. The van der Waals surface area contributed by atoms with Gasteiger partial charge in [-0.05, 0) is 37.9 Å². The second-order valence-corrected chi connectivity index (χ2v) is 4.21. The van der Waals surface area contributed by atoms with Gasteiger partial charge in [-0.1, -0.05) is 0 Å². The fourth-order valence-corrected chi connectivity index (χ4v) is 2.02. The lowest BCUT2D eigenvalue weighted by Crippen LogP contribution is -2.31. The highest BCUT2D eigenvalue weighted by atomic mass is 16.3. The molecule has 0 spiro atoms. The minimum absolute atomic E-state index is 0.0796. The number of rotatable bonds is 4. The van der Waals surface area contributed by atoms with Gasteiger partial charge in [0.25, 0.3) is 5.91 Å². The standard InChI is InChI=1S/C12H17N3O2/c16-10-4-2-7-14-11(10)12(17)15-8-5-9-3-1-6-13-9/h2,4,7,9,13,16H,1,3,5-6,8H2,(H,15,17)/t9-/m0/s1. The molecule has 0 saturated carbocycles. The van der Waals surface area contributed by atoms with Gasteiger partial charge in [0.05, 0.1) is 0 Å². The second-order valence-electron chi connectivity index (χ2n) is 4.21. The molecule has 0 aliphatic carbocycles. The third-order valence-electron chi connectivity index (χ3n) is 2.94. The van der Waals surface area contributed by atoms with Crippen LogP contribution < -0.4 is 10.6 Å². The van der Waals surface area contributed by atoms with Crippen LogP contribution in [0.4, 0.5) is 0 Å². The first-order valence-corrected chi connectivity index (χ1v) is 5.93. The molecule has 0 radical (unpaired) electrons. The van der Waals surface area contributed by atoms with Crippen molar-refractivity contribution in [1.29, 1.82) is 0 Å². The zero-order valence-corrected chi connectivity index (χ0v) is 9.65. The number of hydrogen-bond donors (Lipinski definition) is 3. The second kappa shape index (κ2) is 5.63. The van der Waals surface area contributed by atoms with Crippen LogP contribution in [0.15, 0.2) is 18.3 Å². The molecule has 92 valence electrons. The van der Waals surface area contributed by atoms with Crippen molar-refractivity contribution in [3.63, 3.8) is 0 Å². The van der Waals surface area contributed by atoms with Gasteiger partial charge < -0.3 is 15.7 Å². The van der Waals surface area contributed by atoms with Gasteiger partial charge in [-0.3, -0.25) is 4.79 Å². The summed E-state index contributed by atoms with van der Waals surface area (Å²) in [6.07, 6.45) is 4.79. The van der Waals surface area contributed by atoms with E-state index in [1.54, 1.807) is 6.07 Å². The van der Waals surface area contributed by atoms with E-state index in [1.165, 1.54) is 25.1 Å². The molecule has 5 heteroatoms. The molecule has 0 aromatic carbocycles. The van der Waals surface area contributed by atoms with Crippen LogP contribution in [0.25, 0.3) is 0 Å². The fraction of sp³-hybridized carbons (Fsp3) is 0.500. The van der Waals surface area contributed by atoms with Crippen LogP contribution in [-0.4, -0.2) is 35.1 Å². The third kappa shape index (κ3) is 3.17. The number of pyridine rings is 1. The molecule has 17 heavy (non-hydrogen) atoms. The summed E-state index contributed by atoms with van der Waals surface area (Å²) in [5, 5.41) is 15.6. The van der Waals surface area contributed by atoms with E-state index < -0.39 is 0 Å². The molecule has 1 aliphatic heterocycles. The van der Waals surface area contributed by atoms with Crippen LogP contribution in [-0.2, 0) is 0 Å². The molecule has 5 nitrogen and oxygen atoms in total. The molecule has 1 aromatic heterocycles. The Bertz CT molecular complexity index is 389. The summed E-state index contributed by atoms with van der Waals surface area (Å²) in [6, 6.07) is 3.56. The Kier molecular flexibility index (Phi) is 3.93. The minimum Gasteiger partial charge on any atom is -0.505 e. The largest absolute Gasteiger partial charge is 0.505 e. The molecule has 0 unspecified atom stereocenters. The monoisotopic (exact) mass is 235 g/mol. The van der Waals surface area contributed by atoms with Crippen LogP contribution in [0.2, 0.25) is 0 Å². The topological polar surface area (TPSA) is 74.2 Å².